The van der Waals surface area contributed by atoms with E-state index in [-0.39, 0.29) is 11.1 Å². The number of aromatic nitrogens is 1. The maximum absolute atomic E-state index is 11.0. The van der Waals surface area contributed by atoms with Crippen molar-refractivity contribution in [1.82, 2.24) is 4.98 Å². The molecule has 2 saturated heterocycles. The lowest BCUT2D eigenvalue weighted by Crippen LogP contribution is -2.44. The molecule has 0 spiro atoms. The Balaban J connectivity index is 1.51. The molecule has 0 N–H and O–H groups in total. The van der Waals surface area contributed by atoms with Gasteiger partial charge in [-0.1, -0.05) is 51.0 Å². The summed E-state index contributed by atoms with van der Waals surface area (Å²) in [4.78, 5) is 18.0. The molecule has 3 heterocycles. The minimum atomic E-state index is -0.665. The first-order valence-corrected chi connectivity index (χ1v) is 10.5. The van der Waals surface area contributed by atoms with Gasteiger partial charge in [0, 0.05) is 29.0 Å². The summed E-state index contributed by atoms with van der Waals surface area (Å²) in [6.45, 7) is 2.89. The zero-order valence-electron chi connectivity index (χ0n) is 14.0. The van der Waals surface area contributed by atoms with E-state index in [0.717, 1.165) is 47.4 Å². The van der Waals surface area contributed by atoms with Crippen molar-refractivity contribution in [3.8, 4) is 0 Å². The van der Waals surface area contributed by atoms with Crippen molar-refractivity contribution < 1.29 is 14.3 Å². The van der Waals surface area contributed by atoms with Gasteiger partial charge in [0.15, 0.2) is 22.4 Å². The van der Waals surface area contributed by atoms with E-state index in [9.17, 15) is 4.79 Å². The summed E-state index contributed by atoms with van der Waals surface area (Å²) in [5.41, 5.74) is 1.07. The minimum Gasteiger partial charge on any atom is -0.348 e. The number of piperidine rings is 1. The lowest BCUT2D eigenvalue weighted by molar-refractivity contribution is -0.209. The molecule has 1 aromatic heterocycles. The van der Waals surface area contributed by atoms with Crippen LogP contribution in [-0.2, 0) is 15.3 Å². The molecular weight excluding hydrogens is 440 g/mol. The highest BCUT2D eigenvalue weighted by Crippen LogP contribution is 2.44. The third-order valence-corrected chi connectivity index (χ3v) is 6.94. The number of rotatable bonds is 4. The van der Waals surface area contributed by atoms with E-state index >= 15 is 0 Å². The Labute approximate surface area is 169 Å². The van der Waals surface area contributed by atoms with Gasteiger partial charge in [-0.25, -0.2) is 4.98 Å². The highest BCUT2D eigenvalue weighted by molar-refractivity contribution is 9.10. The Kier molecular flexibility index (Phi) is 5.34. The summed E-state index contributed by atoms with van der Waals surface area (Å²) in [6.07, 6.45) is 2.60. The van der Waals surface area contributed by atoms with Crippen LogP contribution < -0.4 is 4.90 Å². The molecule has 1 aromatic carbocycles. The molecule has 2 aliphatic heterocycles. The molecule has 26 heavy (non-hydrogen) atoms. The molecule has 2 aliphatic rings. The van der Waals surface area contributed by atoms with E-state index in [1.165, 1.54) is 11.3 Å². The molecule has 4 rings (SSSR count). The van der Waals surface area contributed by atoms with Gasteiger partial charge in [0.05, 0.1) is 13.2 Å². The number of carbonyl (C=O) groups excluding carboxylic acids is 1. The van der Waals surface area contributed by atoms with Crippen molar-refractivity contribution in [3.63, 3.8) is 0 Å². The summed E-state index contributed by atoms with van der Waals surface area (Å²) in [5, 5.41) is 1.09. The number of benzene rings is 1. The fourth-order valence-electron chi connectivity index (χ4n) is 3.71. The molecule has 2 aromatic rings. The highest BCUT2D eigenvalue weighted by atomic mass is 79.9. The summed E-state index contributed by atoms with van der Waals surface area (Å²) in [7, 11) is 0. The Morgan fingerprint density at radius 3 is 2.46 bits per heavy atom. The average molecular weight is 458 g/mol. The van der Waals surface area contributed by atoms with Gasteiger partial charge in [-0.3, -0.25) is 4.79 Å². The van der Waals surface area contributed by atoms with E-state index in [1.54, 1.807) is 0 Å². The Hall–Kier alpha value is -0.990. The number of carbonyl (C=O) groups is 1. The highest BCUT2D eigenvalue weighted by Gasteiger charge is 2.47. The first kappa shape index (κ1) is 18.4. The van der Waals surface area contributed by atoms with Gasteiger partial charge in [-0.05, 0) is 25.0 Å². The average Bonchev–Trinajstić information content (AvgIpc) is 3.30. The number of halogens is 2. The van der Waals surface area contributed by atoms with Gasteiger partial charge in [0.25, 0.3) is 0 Å². The van der Waals surface area contributed by atoms with Gasteiger partial charge in [-0.2, -0.15) is 0 Å². The van der Waals surface area contributed by atoms with Gasteiger partial charge >= 0.3 is 0 Å². The van der Waals surface area contributed by atoms with Gasteiger partial charge in [0.2, 0.25) is 0 Å². The number of hydrogen-bond donors (Lipinski definition) is 0. The zero-order valence-corrected chi connectivity index (χ0v) is 17.1. The van der Waals surface area contributed by atoms with Crippen molar-refractivity contribution in [1.29, 1.82) is 0 Å². The van der Waals surface area contributed by atoms with Crippen LogP contribution in [0.2, 0.25) is 5.15 Å². The lowest BCUT2D eigenvalue weighted by atomic mass is 9.84. The first-order chi connectivity index (χ1) is 12.6. The van der Waals surface area contributed by atoms with Crippen molar-refractivity contribution in [2.75, 3.05) is 31.2 Å². The van der Waals surface area contributed by atoms with Crippen molar-refractivity contribution >= 4 is 50.3 Å². The Morgan fingerprint density at radius 1 is 1.23 bits per heavy atom. The van der Waals surface area contributed by atoms with Crippen LogP contribution in [0, 0.1) is 5.92 Å². The maximum atomic E-state index is 11.0. The number of thiazole rings is 1. The zero-order chi connectivity index (χ0) is 18.1. The van der Waals surface area contributed by atoms with E-state index in [1.807, 2.05) is 12.1 Å². The van der Waals surface area contributed by atoms with E-state index < -0.39 is 5.79 Å². The number of hydrogen-bond acceptors (Lipinski definition) is 6. The summed E-state index contributed by atoms with van der Waals surface area (Å²) < 4.78 is 13.3. The second kappa shape index (κ2) is 7.56. The van der Waals surface area contributed by atoms with Gasteiger partial charge in [-0.15, -0.1) is 0 Å². The third-order valence-electron chi connectivity index (χ3n) is 4.97. The second-order valence-corrected chi connectivity index (χ2v) is 8.68. The maximum Gasteiger partial charge on any atom is 0.197 e. The molecule has 0 aliphatic carbocycles. The van der Waals surface area contributed by atoms with Gasteiger partial charge in [0.1, 0.15) is 4.88 Å². The van der Waals surface area contributed by atoms with E-state index in [2.05, 4.69) is 37.9 Å². The molecule has 0 amide bonds. The fourth-order valence-corrected chi connectivity index (χ4v) is 5.09. The lowest BCUT2D eigenvalue weighted by Gasteiger charge is -2.41. The quantitative estimate of drug-likeness (QED) is 0.633. The predicted molar refractivity (Wildman–Crippen MR) is 105 cm³/mol. The van der Waals surface area contributed by atoms with Crippen LogP contribution in [0.4, 0.5) is 5.13 Å². The molecule has 0 bridgehead atoms. The largest absolute Gasteiger partial charge is 0.348 e. The molecule has 138 valence electrons. The Morgan fingerprint density at radius 2 is 1.88 bits per heavy atom. The number of anilines is 1. The molecule has 5 nitrogen and oxygen atoms in total. The van der Waals surface area contributed by atoms with Crippen molar-refractivity contribution in [2.24, 2.45) is 5.92 Å². The molecule has 0 unspecified atom stereocenters. The van der Waals surface area contributed by atoms with Crippen molar-refractivity contribution in [3.05, 3.63) is 44.3 Å². The van der Waals surface area contributed by atoms with Crippen LogP contribution in [0.25, 0.3) is 0 Å². The minimum absolute atomic E-state index is 0.267. The number of aldehydes is 1. The van der Waals surface area contributed by atoms with E-state index in [4.69, 9.17) is 21.1 Å². The van der Waals surface area contributed by atoms with E-state index in [0.29, 0.717) is 18.1 Å². The molecule has 8 heteroatoms. The SMILES string of the molecule is O=Cc1sc(N2CCC(C3(c4ccc(Br)cc4)OCCO3)CC2)nc1Cl. The fraction of sp³-hybridized carbons (Fsp3) is 0.444. The van der Waals surface area contributed by atoms with Crippen LogP contribution in [0.15, 0.2) is 28.7 Å². The van der Waals surface area contributed by atoms with Crippen LogP contribution in [0.1, 0.15) is 28.1 Å². The summed E-state index contributed by atoms with van der Waals surface area (Å²) in [6, 6.07) is 8.18. The molecule has 0 saturated carbocycles. The smallest absolute Gasteiger partial charge is 0.197 e. The summed E-state index contributed by atoms with van der Waals surface area (Å²) in [5.74, 6) is -0.398. The Bertz CT molecular complexity index is 784. The second-order valence-electron chi connectivity index (χ2n) is 6.40. The molecule has 0 atom stereocenters. The number of ether oxygens (including phenoxy) is 2. The molecule has 2 fully saturated rings. The van der Waals surface area contributed by atoms with Crippen LogP contribution in [-0.4, -0.2) is 37.6 Å². The van der Waals surface area contributed by atoms with Crippen molar-refractivity contribution in [2.45, 2.75) is 18.6 Å². The van der Waals surface area contributed by atoms with Crippen LogP contribution >= 0.6 is 38.9 Å². The monoisotopic (exact) mass is 456 g/mol. The molecular formula is C18H18BrClN2O3S. The third kappa shape index (κ3) is 3.31. The normalized spacial score (nSPS) is 20.5. The summed E-state index contributed by atoms with van der Waals surface area (Å²) >= 11 is 10.8. The standard InChI is InChI=1S/C18H18BrClN2O3S/c19-14-3-1-12(2-4-14)18(24-9-10-25-18)13-5-7-22(8-6-13)17-21-16(20)15(11-23)26-17/h1-4,11,13H,5-10H2. The van der Waals surface area contributed by atoms with Crippen LogP contribution in [0.5, 0.6) is 0 Å². The van der Waals surface area contributed by atoms with Crippen LogP contribution in [0.3, 0.4) is 0 Å². The molecule has 0 radical (unpaired) electrons. The first-order valence-electron chi connectivity index (χ1n) is 8.53. The predicted octanol–water partition coefficient (Wildman–Crippen LogP) is 4.49. The number of nitrogens with zero attached hydrogens (tertiary/aromatic N) is 2. The van der Waals surface area contributed by atoms with Gasteiger partial charge < -0.3 is 14.4 Å². The topological polar surface area (TPSA) is 51.7 Å².